The Kier molecular flexibility index (Phi) is 6.57. The smallest absolute Gasteiger partial charge is 0.229 e. The maximum absolute atomic E-state index is 9.14. The van der Waals surface area contributed by atoms with Gasteiger partial charge in [0.2, 0.25) is 5.95 Å². The van der Waals surface area contributed by atoms with Gasteiger partial charge in [0.25, 0.3) is 0 Å². The average molecular weight is 419 g/mol. The number of thiophene rings is 1. The molecule has 1 aromatic carbocycles. The molecule has 4 rings (SSSR count). The third-order valence-electron chi connectivity index (χ3n) is 5.21. The van der Waals surface area contributed by atoms with Crippen LogP contribution in [0.15, 0.2) is 47.2 Å². The van der Waals surface area contributed by atoms with Crippen molar-refractivity contribution in [2.75, 3.05) is 23.3 Å². The highest BCUT2D eigenvalue weighted by Crippen LogP contribution is 2.23. The summed E-state index contributed by atoms with van der Waals surface area (Å²) in [5.41, 5.74) is 3.82. The van der Waals surface area contributed by atoms with Crippen LogP contribution in [0.3, 0.4) is 0 Å². The number of rotatable bonds is 8. The van der Waals surface area contributed by atoms with Crippen LogP contribution in [-0.4, -0.2) is 29.1 Å². The van der Waals surface area contributed by atoms with E-state index in [1.165, 1.54) is 5.56 Å². The van der Waals surface area contributed by atoms with E-state index in [1.807, 2.05) is 18.2 Å². The fourth-order valence-electron chi connectivity index (χ4n) is 3.67. The molecule has 3 aromatic rings. The van der Waals surface area contributed by atoms with Crippen molar-refractivity contribution in [2.45, 2.75) is 38.8 Å². The van der Waals surface area contributed by atoms with Crippen molar-refractivity contribution in [1.82, 2.24) is 15.3 Å². The van der Waals surface area contributed by atoms with Crippen LogP contribution < -0.4 is 15.5 Å². The maximum atomic E-state index is 9.14. The van der Waals surface area contributed by atoms with Gasteiger partial charge in [-0.25, -0.2) is 4.98 Å². The molecule has 0 spiro atoms. The Labute approximate surface area is 181 Å². The van der Waals surface area contributed by atoms with Crippen molar-refractivity contribution in [3.8, 4) is 6.07 Å². The molecule has 2 N–H and O–H groups in total. The first-order valence-electron chi connectivity index (χ1n) is 10.4. The fraction of sp³-hybridized carbons (Fsp3) is 0.348. The third-order valence-corrected chi connectivity index (χ3v) is 5.94. The number of anilines is 3. The second-order valence-corrected chi connectivity index (χ2v) is 8.33. The van der Waals surface area contributed by atoms with E-state index in [-0.39, 0.29) is 0 Å². The van der Waals surface area contributed by atoms with Crippen LogP contribution in [0, 0.1) is 11.3 Å². The molecule has 0 aliphatic carbocycles. The van der Waals surface area contributed by atoms with Gasteiger partial charge in [-0.1, -0.05) is 19.4 Å². The summed E-state index contributed by atoms with van der Waals surface area (Å²) in [6, 6.07) is 14.3. The van der Waals surface area contributed by atoms with Crippen LogP contribution in [0.4, 0.5) is 17.5 Å². The van der Waals surface area contributed by atoms with Crippen molar-refractivity contribution >= 4 is 28.8 Å². The number of hydrogen-bond acceptors (Lipinski definition) is 7. The molecular weight excluding hydrogens is 392 g/mol. The Balaban J connectivity index is 1.47. The topological polar surface area (TPSA) is 76.9 Å². The predicted molar refractivity (Wildman–Crippen MR) is 122 cm³/mol. The largest absolute Gasteiger partial charge is 0.355 e. The summed E-state index contributed by atoms with van der Waals surface area (Å²) in [7, 11) is 0. The van der Waals surface area contributed by atoms with Gasteiger partial charge >= 0.3 is 0 Å². The van der Waals surface area contributed by atoms with E-state index >= 15 is 0 Å². The SMILES string of the molecule is CCCc1cc(N2CCC(NCc3ccsc3)C2)nc(Nc2cccc(C#N)c2)n1. The van der Waals surface area contributed by atoms with Crippen LogP contribution in [-0.2, 0) is 13.0 Å². The summed E-state index contributed by atoms with van der Waals surface area (Å²) in [6.45, 7) is 4.99. The number of nitrogens with one attached hydrogen (secondary N) is 2. The molecule has 1 atom stereocenters. The third kappa shape index (κ3) is 5.15. The molecule has 6 nitrogen and oxygen atoms in total. The average Bonchev–Trinajstić information content (AvgIpc) is 3.44. The Bertz CT molecular complexity index is 1010. The maximum Gasteiger partial charge on any atom is 0.229 e. The van der Waals surface area contributed by atoms with Crippen LogP contribution >= 0.6 is 11.3 Å². The molecule has 0 bridgehead atoms. The van der Waals surface area contributed by atoms with Gasteiger partial charge in [0.05, 0.1) is 11.6 Å². The molecule has 1 aliphatic rings. The van der Waals surface area contributed by atoms with Crippen molar-refractivity contribution < 1.29 is 0 Å². The first kappa shape index (κ1) is 20.3. The molecule has 0 radical (unpaired) electrons. The highest BCUT2D eigenvalue weighted by atomic mass is 32.1. The molecule has 1 aliphatic heterocycles. The summed E-state index contributed by atoms with van der Waals surface area (Å²) in [4.78, 5) is 11.8. The Morgan fingerprint density at radius 1 is 1.27 bits per heavy atom. The van der Waals surface area contributed by atoms with E-state index in [9.17, 15) is 0 Å². The van der Waals surface area contributed by atoms with E-state index in [4.69, 9.17) is 10.2 Å². The number of nitrogens with zero attached hydrogens (tertiary/aromatic N) is 4. The van der Waals surface area contributed by atoms with Crippen molar-refractivity contribution in [2.24, 2.45) is 0 Å². The van der Waals surface area contributed by atoms with Gasteiger partial charge in [0, 0.05) is 43.1 Å². The molecule has 0 amide bonds. The summed E-state index contributed by atoms with van der Waals surface area (Å²) in [6.07, 6.45) is 3.05. The highest BCUT2D eigenvalue weighted by Gasteiger charge is 2.24. The standard InChI is InChI=1S/C23H26N6S/c1-2-4-19-12-22(28-23(26-19)27-20-6-3-5-17(11-20)13-24)29-9-7-21(15-29)25-14-18-8-10-30-16-18/h3,5-6,8,10-12,16,21,25H,2,4,7,9,14-15H2,1H3,(H,26,27,28). The number of benzene rings is 1. The number of aromatic nitrogens is 2. The Hall–Kier alpha value is -2.95. The van der Waals surface area contributed by atoms with Crippen LogP contribution in [0.5, 0.6) is 0 Å². The summed E-state index contributed by atoms with van der Waals surface area (Å²) >= 11 is 1.74. The minimum atomic E-state index is 0.457. The molecule has 1 saturated heterocycles. The van der Waals surface area contributed by atoms with Gasteiger partial charge in [-0.05, 0) is 53.4 Å². The fourth-order valence-corrected chi connectivity index (χ4v) is 4.34. The van der Waals surface area contributed by atoms with Gasteiger partial charge in [-0.15, -0.1) is 0 Å². The van der Waals surface area contributed by atoms with Crippen molar-refractivity contribution in [1.29, 1.82) is 5.26 Å². The number of aryl methyl sites for hydroxylation is 1. The monoisotopic (exact) mass is 418 g/mol. The Morgan fingerprint density at radius 3 is 3.00 bits per heavy atom. The van der Waals surface area contributed by atoms with Gasteiger partial charge in [0.1, 0.15) is 5.82 Å². The van der Waals surface area contributed by atoms with Crippen molar-refractivity contribution in [3.63, 3.8) is 0 Å². The number of hydrogen-bond donors (Lipinski definition) is 2. The van der Waals surface area contributed by atoms with Gasteiger partial charge in [-0.3, -0.25) is 0 Å². The van der Waals surface area contributed by atoms with Crippen LogP contribution in [0.1, 0.15) is 36.6 Å². The zero-order valence-corrected chi connectivity index (χ0v) is 18.0. The molecule has 1 unspecified atom stereocenters. The molecule has 7 heteroatoms. The van der Waals surface area contributed by atoms with Gasteiger partial charge in [-0.2, -0.15) is 21.6 Å². The predicted octanol–water partition coefficient (Wildman–Crippen LogP) is 4.47. The van der Waals surface area contributed by atoms with Crippen molar-refractivity contribution in [3.05, 3.63) is 64.0 Å². The zero-order valence-electron chi connectivity index (χ0n) is 17.1. The minimum Gasteiger partial charge on any atom is -0.355 e. The highest BCUT2D eigenvalue weighted by molar-refractivity contribution is 7.07. The summed E-state index contributed by atoms with van der Waals surface area (Å²) < 4.78 is 0. The van der Waals surface area contributed by atoms with E-state index in [1.54, 1.807) is 17.4 Å². The van der Waals surface area contributed by atoms with E-state index in [0.717, 1.165) is 56.1 Å². The first-order valence-corrected chi connectivity index (χ1v) is 11.3. The molecule has 30 heavy (non-hydrogen) atoms. The van der Waals surface area contributed by atoms with E-state index < -0.39 is 0 Å². The summed E-state index contributed by atoms with van der Waals surface area (Å²) in [5.74, 6) is 1.55. The lowest BCUT2D eigenvalue weighted by Crippen LogP contribution is -2.32. The van der Waals surface area contributed by atoms with Crippen LogP contribution in [0.25, 0.3) is 0 Å². The van der Waals surface area contributed by atoms with E-state index in [2.05, 4.69) is 56.4 Å². The summed E-state index contributed by atoms with van der Waals surface area (Å²) in [5, 5.41) is 20.4. The lowest BCUT2D eigenvalue weighted by atomic mass is 10.2. The normalized spacial score (nSPS) is 15.9. The molecule has 1 fully saturated rings. The zero-order chi connectivity index (χ0) is 20.8. The number of nitriles is 1. The van der Waals surface area contributed by atoms with E-state index in [0.29, 0.717) is 17.6 Å². The van der Waals surface area contributed by atoms with Gasteiger partial charge in [0.15, 0.2) is 0 Å². The second kappa shape index (κ2) is 9.70. The first-order chi connectivity index (χ1) is 14.7. The molecule has 3 heterocycles. The molecule has 2 aromatic heterocycles. The van der Waals surface area contributed by atoms with Crippen LogP contribution in [0.2, 0.25) is 0 Å². The lowest BCUT2D eigenvalue weighted by Gasteiger charge is -2.20. The quantitative estimate of drug-likeness (QED) is 0.562. The molecule has 0 saturated carbocycles. The Morgan fingerprint density at radius 2 is 2.20 bits per heavy atom. The minimum absolute atomic E-state index is 0.457. The second-order valence-electron chi connectivity index (χ2n) is 7.55. The molecular formula is C23H26N6S. The van der Waals surface area contributed by atoms with Gasteiger partial charge < -0.3 is 15.5 Å². The molecule has 154 valence electrons. The lowest BCUT2D eigenvalue weighted by molar-refractivity contribution is 0.552.